The number of likely N-dealkylation sites (tertiary alicyclic amines) is 1. The van der Waals surface area contributed by atoms with Crippen LogP contribution in [-0.2, 0) is 0 Å². The molecule has 0 saturated carbocycles. The third-order valence-electron chi connectivity index (χ3n) is 4.94. The SMILES string of the molecule is COc1ccc(-c2ncc(C(=O)N3CCCC(c4ccncc4)C3)s2)cc1. The molecule has 1 aliphatic heterocycles. The molecule has 1 aliphatic rings. The maximum Gasteiger partial charge on any atom is 0.265 e. The zero-order valence-corrected chi connectivity index (χ0v) is 16.0. The van der Waals surface area contributed by atoms with Crippen LogP contribution in [0.4, 0.5) is 0 Å². The number of rotatable bonds is 4. The fraction of sp³-hybridized carbons (Fsp3) is 0.286. The van der Waals surface area contributed by atoms with Crippen molar-refractivity contribution in [2.24, 2.45) is 0 Å². The first-order chi connectivity index (χ1) is 13.2. The van der Waals surface area contributed by atoms with E-state index >= 15 is 0 Å². The predicted octanol–water partition coefficient (Wildman–Crippen LogP) is 4.23. The van der Waals surface area contributed by atoms with Crippen molar-refractivity contribution in [3.05, 3.63) is 65.4 Å². The molecule has 0 bridgehead atoms. The van der Waals surface area contributed by atoms with Crippen LogP contribution in [0.5, 0.6) is 5.75 Å². The van der Waals surface area contributed by atoms with Crippen molar-refractivity contribution in [3.8, 4) is 16.3 Å². The lowest BCUT2D eigenvalue weighted by Gasteiger charge is -2.32. The number of hydrogen-bond acceptors (Lipinski definition) is 5. The number of carbonyl (C=O) groups is 1. The van der Waals surface area contributed by atoms with Gasteiger partial charge in [-0.3, -0.25) is 9.78 Å². The number of pyridine rings is 1. The molecule has 3 aromatic rings. The summed E-state index contributed by atoms with van der Waals surface area (Å²) in [6, 6.07) is 11.8. The van der Waals surface area contributed by atoms with E-state index in [-0.39, 0.29) is 5.91 Å². The third kappa shape index (κ3) is 3.85. The minimum absolute atomic E-state index is 0.0750. The zero-order valence-electron chi connectivity index (χ0n) is 15.2. The van der Waals surface area contributed by atoms with Crippen LogP contribution in [0, 0.1) is 0 Å². The van der Waals surface area contributed by atoms with Crippen LogP contribution in [0.15, 0.2) is 55.0 Å². The molecule has 1 fully saturated rings. The second-order valence-electron chi connectivity index (χ2n) is 6.63. The average molecular weight is 379 g/mol. The monoisotopic (exact) mass is 379 g/mol. The number of carbonyl (C=O) groups excluding carboxylic acids is 1. The predicted molar refractivity (Wildman–Crippen MR) is 106 cm³/mol. The molecule has 3 heterocycles. The van der Waals surface area contributed by atoms with E-state index < -0.39 is 0 Å². The van der Waals surface area contributed by atoms with Crippen LogP contribution in [0.2, 0.25) is 0 Å². The van der Waals surface area contributed by atoms with Gasteiger partial charge in [-0.25, -0.2) is 4.98 Å². The standard InChI is InChI=1S/C21H21N3O2S/c1-26-18-6-4-16(5-7-18)20-23-13-19(27-20)21(25)24-12-2-3-17(14-24)15-8-10-22-11-9-15/h4-11,13,17H,2-3,12,14H2,1H3. The van der Waals surface area contributed by atoms with Crippen LogP contribution in [-0.4, -0.2) is 41.0 Å². The van der Waals surface area contributed by atoms with Crippen molar-refractivity contribution in [1.82, 2.24) is 14.9 Å². The second kappa shape index (κ2) is 7.88. The molecule has 0 spiro atoms. The van der Waals surface area contributed by atoms with Gasteiger partial charge in [-0.05, 0) is 54.8 Å². The second-order valence-corrected chi connectivity index (χ2v) is 7.66. The highest BCUT2D eigenvalue weighted by atomic mass is 32.1. The summed E-state index contributed by atoms with van der Waals surface area (Å²) in [4.78, 5) is 24.2. The lowest BCUT2D eigenvalue weighted by Crippen LogP contribution is -2.38. The lowest BCUT2D eigenvalue weighted by atomic mass is 9.91. The van der Waals surface area contributed by atoms with Gasteiger partial charge < -0.3 is 9.64 Å². The van der Waals surface area contributed by atoms with Gasteiger partial charge in [-0.15, -0.1) is 11.3 Å². The molecular formula is C21H21N3O2S. The van der Waals surface area contributed by atoms with Gasteiger partial charge in [0.15, 0.2) is 0 Å². The number of hydrogen-bond donors (Lipinski definition) is 0. The number of methoxy groups -OCH3 is 1. The number of amides is 1. The minimum atomic E-state index is 0.0750. The van der Waals surface area contributed by atoms with Crippen molar-refractivity contribution < 1.29 is 9.53 Å². The fourth-order valence-electron chi connectivity index (χ4n) is 3.47. The Morgan fingerprint density at radius 3 is 2.70 bits per heavy atom. The maximum atomic E-state index is 13.0. The van der Waals surface area contributed by atoms with Gasteiger partial charge in [0.25, 0.3) is 5.91 Å². The molecule has 6 heteroatoms. The van der Waals surface area contributed by atoms with E-state index in [0.717, 1.165) is 42.3 Å². The Bertz CT molecular complexity index is 909. The Kier molecular flexibility index (Phi) is 5.16. The van der Waals surface area contributed by atoms with Gasteiger partial charge in [0, 0.05) is 37.0 Å². The van der Waals surface area contributed by atoms with Crippen molar-refractivity contribution in [2.75, 3.05) is 20.2 Å². The summed E-state index contributed by atoms with van der Waals surface area (Å²) in [5.74, 6) is 1.26. The first-order valence-corrected chi connectivity index (χ1v) is 9.85. The summed E-state index contributed by atoms with van der Waals surface area (Å²) in [6.45, 7) is 1.55. The van der Waals surface area contributed by atoms with Crippen LogP contribution < -0.4 is 4.74 Å². The molecule has 1 amide bonds. The van der Waals surface area contributed by atoms with Crippen LogP contribution in [0.1, 0.15) is 34.0 Å². The number of ether oxygens (including phenoxy) is 1. The molecule has 1 aromatic carbocycles. The molecule has 1 saturated heterocycles. The molecule has 138 valence electrons. The minimum Gasteiger partial charge on any atom is -0.497 e. The molecule has 5 nitrogen and oxygen atoms in total. The summed E-state index contributed by atoms with van der Waals surface area (Å²) < 4.78 is 5.19. The molecule has 1 unspecified atom stereocenters. The van der Waals surface area contributed by atoms with E-state index in [1.54, 1.807) is 13.3 Å². The maximum absolute atomic E-state index is 13.0. The first-order valence-electron chi connectivity index (χ1n) is 9.04. The zero-order chi connectivity index (χ0) is 18.6. The third-order valence-corrected chi connectivity index (χ3v) is 5.97. The molecule has 1 atom stereocenters. The van der Waals surface area contributed by atoms with Gasteiger partial charge in [0.2, 0.25) is 0 Å². The Morgan fingerprint density at radius 2 is 1.96 bits per heavy atom. The van der Waals surface area contributed by atoms with E-state index in [2.05, 4.69) is 9.97 Å². The van der Waals surface area contributed by atoms with Gasteiger partial charge in [-0.1, -0.05) is 0 Å². The molecule has 0 radical (unpaired) electrons. The summed E-state index contributed by atoms with van der Waals surface area (Å²) >= 11 is 1.45. The smallest absolute Gasteiger partial charge is 0.265 e. The Morgan fingerprint density at radius 1 is 1.19 bits per heavy atom. The van der Waals surface area contributed by atoms with Crippen molar-refractivity contribution >= 4 is 17.2 Å². The molecule has 2 aromatic heterocycles. The largest absolute Gasteiger partial charge is 0.497 e. The van der Waals surface area contributed by atoms with Gasteiger partial charge >= 0.3 is 0 Å². The Labute approximate surface area is 162 Å². The quantitative estimate of drug-likeness (QED) is 0.681. The van der Waals surface area contributed by atoms with Crippen LogP contribution >= 0.6 is 11.3 Å². The highest BCUT2D eigenvalue weighted by Crippen LogP contribution is 2.30. The number of piperidine rings is 1. The normalized spacial score (nSPS) is 16.9. The van der Waals surface area contributed by atoms with Crippen molar-refractivity contribution in [3.63, 3.8) is 0 Å². The van der Waals surface area contributed by atoms with Gasteiger partial charge in [0.1, 0.15) is 15.6 Å². The van der Waals surface area contributed by atoms with Crippen molar-refractivity contribution in [2.45, 2.75) is 18.8 Å². The molecule has 4 rings (SSSR count). The van der Waals surface area contributed by atoms with E-state index in [4.69, 9.17) is 4.74 Å². The molecule has 0 aliphatic carbocycles. The van der Waals surface area contributed by atoms with E-state index in [1.807, 2.05) is 53.7 Å². The average Bonchev–Trinajstić information content (AvgIpc) is 3.24. The van der Waals surface area contributed by atoms with Gasteiger partial charge in [-0.2, -0.15) is 0 Å². The van der Waals surface area contributed by atoms with Crippen molar-refractivity contribution in [1.29, 1.82) is 0 Å². The highest BCUT2D eigenvalue weighted by molar-refractivity contribution is 7.16. The molecule has 0 N–H and O–H groups in total. The molecule has 27 heavy (non-hydrogen) atoms. The van der Waals surface area contributed by atoms with Gasteiger partial charge in [0.05, 0.1) is 13.3 Å². The summed E-state index contributed by atoms with van der Waals surface area (Å²) in [6.07, 6.45) is 7.46. The summed E-state index contributed by atoms with van der Waals surface area (Å²) in [5.41, 5.74) is 2.25. The number of nitrogens with zero attached hydrogens (tertiary/aromatic N) is 3. The Hall–Kier alpha value is -2.73. The van der Waals surface area contributed by atoms with E-state index in [0.29, 0.717) is 10.8 Å². The van der Waals surface area contributed by atoms with Crippen LogP contribution in [0.3, 0.4) is 0 Å². The van der Waals surface area contributed by atoms with E-state index in [9.17, 15) is 4.79 Å². The Balaban J connectivity index is 1.48. The summed E-state index contributed by atoms with van der Waals surface area (Å²) in [7, 11) is 1.65. The highest BCUT2D eigenvalue weighted by Gasteiger charge is 2.26. The van der Waals surface area contributed by atoms with Crippen LogP contribution in [0.25, 0.3) is 10.6 Å². The lowest BCUT2D eigenvalue weighted by molar-refractivity contribution is 0.0712. The molecular weight excluding hydrogens is 358 g/mol. The van der Waals surface area contributed by atoms with E-state index in [1.165, 1.54) is 16.9 Å². The fourth-order valence-corrected chi connectivity index (χ4v) is 4.35. The number of thiazole rings is 1. The number of benzene rings is 1. The number of aromatic nitrogens is 2. The first kappa shape index (κ1) is 17.7. The summed E-state index contributed by atoms with van der Waals surface area (Å²) in [5, 5.41) is 0.851. The topological polar surface area (TPSA) is 55.3 Å².